The lowest BCUT2D eigenvalue weighted by molar-refractivity contribution is 0.111. The molecule has 0 aliphatic rings. The van der Waals surface area contributed by atoms with E-state index in [1.165, 1.54) is 0 Å². The van der Waals surface area contributed by atoms with E-state index in [0.29, 0.717) is 5.69 Å². The van der Waals surface area contributed by atoms with Crippen molar-refractivity contribution >= 4 is 22.2 Å². The van der Waals surface area contributed by atoms with Gasteiger partial charge in [0.25, 0.3) is 0 Å². The van der Waals surface area contributed by atoms with E-state index in [1.54, 1.807) is 11.7 Å². The summed E-state index contributed by atoms with van der Waals surface area (Å²) in [5, 5.41) is 3.98. The number of carbonyl (C=O) groups excluding carboxylic acids is 1. The molecule has 0 bridgehead atoms. The maximum absolute atomic E-state index is 10.4. The summed E-state index contributed by atoms with van der Waals surface area (Å²) in [5.74, 6) is 0. The Hall–Kier alpha value is -0.640. The lowest BCUT2D eigenvalue weighted by atomic mass is 10.3. The highest BCUT2D eigenvalue weighted by Gasteiger charge is 2.07. The molecule has 0 aromatic carbocycles. The molecular weight excluding hydrogens is 196 g/mol. The number of aldehydes is 1. The van der Waals surface area contributed by atoms with E-state index in [4.69, 9.17) is 0 Å². The first-order valence-electron chi connectivity index (χ1n) is 2.81. The van der Waals surface area contributed by atoms with Crippen molar-refractivity contribution in [2.45, 2.75) is 6.92 Å². The second-order valence-electron chi connectivity index (χ2n) is 2.04. The van der Waals surface area contributed by atoms with Gasteiger partial charge < -0.3 is 0 Å². The number of hydrogen-bond donors (Lipinski definition) is 0. The standard InChI is InChI=1S/C6H7BrN2O/c1-4-5(3-10)9(2)8-6(4)7/h3H,1-2H3. The normalized spacial score (nSPS) is 9.90. The minimum absolute atomic E-state index is 0.617. The van der Waals surface area contributed by atoms with Gasteiger partial charge in [0.15, 0.2) is 6.29 Å². The topological polar surface area (TPSA) is 34.9 Å². The zero-order chi connectivity index (χ0) is 7.72. The van der Waals surface area contributed by atoms with Crippen LogP contribution in [0.5, 0.6) is 0 Å². The largest absolute Gasteiger partial charge is 0.296 e. The molecule has 0 saturated heterocycles. The van der Waals surface area contributed by atoms with Gasteiger partial charge in [-0.25, -0.2) is 0 Å². The van der Waals surface area contributed by atoms with E-state index in [1.807, 2.05) is 6.92 Å². The average Bonchev–Trinajstić information content (AvgIpc) is 2.09. The highest BCUT2D eigenvalue weighted by atomic mass is 79.9. The quantitative estimate of drug-likeness (QED) is 0.644. The number of hydrogen-bond acceptors (Lipinski definition) is 2. The van der Waals surface area contributed by atoms with Crippen LogP contribution < -0.4 is 0 Å². The molecule has 0 spiro atoms. The zero-order valence-corrected chi connectivity index (χ0v) is 7.34. The van der Waals surface area contributed by atoms with Crippen LogP contribution in [0, 0.1) is 6.92 Å². The molecule has 1 aromatic heterocycles. The molecule has 1 aromatic rings. The summed E-state index contributed by atoms with van der Waals surface area (Å²) in [6, 6.07) is 0. The third-order valence-corrected chi connectivity index (χ3v) is 2.15. The van der Waals surface area contributed by atoms with Crippen LogP contribution in [0.3, 0.4) is 0 Å². The number of rotatable bonds is 1. The van der Waals surface area contributed by atoms with E-state index < -0.39 is 0 Å². The van der Waals surface area contributed by atoms with Crippen LogP contribution in [-0.4, -0.2) is 16.1 Å². The van der Waals surface area contributed by atoms with Gasteiger partial charge in [-0.15, -0.1) is 0 Å². The Labute approximate surface area is 67.2 Å². The van der Waals surface area contributed by atoms with E-state index in [-0.39, 0.29) is 0 Å². The molecule has 0 N–H and O–H groups in total. The fraction of sp³-hybridized carbons (Fsp3) is 0.333. The summed E-state index contributed by atoms with van der Waals surface area (Å²) in [5.41, 5.74) is 1.50. The Morgan fingerprint density at radius 2 is 2.30 bits per heavy atom. The summed E-state index contributed by atoms with van der Waals surface area (Å²) >= 11 is 3.22. The van der Waals surface area contributed by atoms with E-state index in [2.05, 4.69) is 21.0 Å². The van der Waals surface area contributed by atoms with Crippen molar-refractivity contribution in [1.82, 2.24) is 9.78 Å². The highest BCUT2D eigenvalue weighted by molar-refractivity contribution is 9.10. The van der Waals surface area contributed by atoms with Crippen LogP contribution in [0.25, 0.3) is 0 Å². The predicted octanol–water partition coefficient (Wildman–Crippen LogP) is 1.30. The molecule has 0 aliphatic heterocycles. The van der Waals surface area contributed by atoms with Gasteiger partial charge in [0.2, 0.25) is 0 Å². The predicted molar refractivity (Wildman–Crippen MR) is 41.0 cm³/mol. The minimum atomic E-state index is 0.617. The molecule has 0 aliphatic carbocycles. The summed E-state index contributed by atoms with van der Waals surface area (Å²) in [7, 11) is 1.74. The molecule has 3 nitrogen and oxygen atoms in total. The number of aromatic nitrogens is 2. The lowest BCUT2D eigenvalue weighted by Gasteiger charge is -1.89. The monoisotopic (exact) mass is 202 g/mol. The smallest absolute Gasteiger partial charge is 0.168 e. The SMILES string of the molecule is Cc1c(Br)nn(C)c1C=O. The lowest BCUT2D eigenvalue weighted by Crippen LogP contribution is -1.96. The maximum atomic E-state index is 10.4. The van der Waals surface area contributed by atoms with Crippen molar-refractivity contribution in [2.75, 3.05) is 0 Å². The molecule has 0 saturated carbocycles. The molecule has 1 rings (SSSR count). The average molecular weight is 203 g/mol. The summed E-state index contributed by atoms with van der Waals surface area (Å²) in [6.07, 6.45) is 0.799. The maximum Gasteiger partial charge on any atom is 0.168 e. The molecular formula is C6H7BrN2O. The fourth-order valence-electron chi connectivity index (χ4n) is 0.774. The second-order valence-corrected chi connectivity index (χ2v) is 2.79. The third kappa shape index (κ3) is 0.988. The molecule has 1 heterocycles. The summed E-state index contributed by atoms with van der Waals surface area (Å²) < 4.78 is 2.28. The van der Waals surface area contributed by atoms with Crippen molar-refractivity contribution in [3.63, 3.8) is 0 Å². The number of carbonyl (C=O) groups is 1. The van der Waals surface area contributed by atoms with Gasteiger partial charge in [-0.1, -0.05) is 0 Å². The summed E-state index contributed by atoms with van der Waals surface area (Å²) in [4.78, 5) is 10.4. The van der Waals surface area contributed by atoms with Crippen LogP contribution in [0.1, 0.15) is 16.1 Å². The van der Waals surface area contributed by atoms with Crippen molar-refractivity contribution < 1.29 is 4.79 Å². The highest BCUT2D eigenvalue weighted by Crippen LogP contribution is 2.15. The van der Waals surface area contributed by atoms with E-state index in [9.17, 15) is 4.79 Å². The first-order valence-corrected chi connectivity index (χ1v) is 3.60. The van der Waals surface area contributed by atoms with Crippen LogP contribution in [0.4, 0.5) is 0 Å². The van der Waals surface area contributed by atoms with Gasteiger partial charge >= 0.3 is 0 Å². The Bertz CT molecular complexity index is 267. The van der Waals surface area contributed by atoms with Gasteiger partial charge in [-0.3, -0.25) is 9.48 Å². The molecule has 0 unspecified atom stereocenters. The first kappa shape index (κ1) is 7.47. The van der Waals surface area contributed by atoms with Crippen molar-refractivity contribution in [3.05, 3.63) is 15.9 Å². The van der Waals surface area contributed by atoms with Gasteiger partial charge in [0.05, 0.1) is 0 Å². The van der Waals surface area contributed by atoms with E-state index >= 15 is 0 Å². The van der Waals surface area contributed by atoms with E-state index in [0.717, 1.165) is 16.5 Å². The van der Waals surface area contributed by atoms with Crippen molar-refractivity contribution in [3.8, 4) is 0 Å². The van der Waals surface area contributed by atoms with Gasteiger partial charge in [-0.05, 0) is 22.9 Å². The second kappa shape index (κ2) is 2.54. The van der Waals surface area contributed by atoms with Crippen molar-refractivity contribution in [1.29, 1.82) is 0 Å². The van der Waals surface area contributed by atoms with Crippen LogP contribution in [0.2, 0.25) is 0 Å². The molecule has 0 radical (unpaired) electrons. The Morgan fingerprint density at radius 3 is 2.50 bits per heavy atom. The Kier molecular flexibility index (Phi) is 1.89. The molecule has 0 fully saturated rings. The number of aryl methyl sites for hydroxylation is 1. The summed E-state index contributed by atoms with van der Waals surface area (Å²) in [6.45, 7) is 1.85. The minimum Gasteiger partial charge on any atom is -0.296 e. The molecule has 10 heavy (non-hydrogen) atoms. The van der Waals surface area contributed by atoms with Gasteiger partial charge in [-0.2, -0.15) is 5.10 Å². The zero-order valence-electron chi connectivity index (χ0n) is 5.76. The van der Waals surface area contributed by atoms with Crippen LogP contribution in [0.15, 0.2) is 4.60 Å². The fourth-order valence-corrected chi connectivity index (χ4v) is 1.21. The Balaban J connectivity index is 3.33. The van der Waals surface area contributed by atoms with Gasteiger partial charge in [0, 0.05) is 12.6 Å². The molecule has 0 amide bonds. The first-order chi connectivity index (χ1) is 4.66. The van der Waals surface area contributed by atoms with Crippen LogP contribution >= 0.6 is 15.9 Å². The molecule has 0 atom stereocenters. The van der Waals surface area contributed by atoms with Gasteiger partial charge in [0.1, 0.15) is 10.3 Å². The number of halogens is 1. The Morgan fingerprint density at radius 1 is 1.70 bits per heavy atom. The number of nitrogens with zero attached hydrogens (tertiary/aromatic N) is 2. The molecule has 4 heteroatoms. The third-order valence-electron chi connectivity index (χ3n) is 1.39. The van der Waals surface area contributed by atoms with Crippen LogP contribution in [-0.2, 0) is 7.05 Å². The molecule has 54 valence electrons. The van der Waals surface area contributed by atoms with Crippen molar-refractivity contribution in [2.24, 2.45) is 7.05 Å².